The first-order valence-corrected chi connectivity index (χ1v) is 9.60. The van der Waals surface area contributed by atoms with E-state index in [2.05, 4.69) is 63.2 Å². The van der Waals surface area contributed by atoms with Crippen LogP contribution in [-0.4, -0.2) is 39.1 Å². The van der Waals surface area contributed by atoms with Crippen molar-refractivity contribution in [2.24, 2.45) is 12.0 Å². The molecule has 28 heavy (non-hydrogen) atoms. The zero-order chi connectivity index (χ0) is 19.9. The van der Waals surface area contributed by atoms with E-state index in [-0.39, 0.29) is 0 Å². The zero-order valence-corrected chi connectivity index (χ0v) is 17.1. The molecule has 0 aliphatic rings. The molecule has 0 atom stereocenters. The Bertz CT molecular complexity index is 936. The number of nitrogens with one attached hydrogen (secondary N) is 2. The summed E-state index contributed by atoms with van der Waals surface area (Å²) in [5.41, 5.74) is 5.67. The second-order valence-corrected chi connectivity index (χ2v) is 6.95. The van der Waals surface area contributed by atoms with Crippen LogP contribution in [0.5, 0.6) is 0 Å². The van der Waals surface area contributed by atoms with Crippen LogP contribution < -0.4 is 10.6 Å². The maximum Gasteiger partial charge on any atom is 0.191 e. The summed E-state index contributed by atoms with van der Waals surface area (Å²) < 4.78 is 3.83. The molecule has 7 heteroatoms. The minimum absolute atomic E-state index is 0.677. The van der Waals surface area contributed by atoms with Crippen LogP contribution in [0.4, 0.5) is 0 Å². The van der Waals surface area contributed by atoms with Gasteiger partial charge in [0.15, 0.2) is 5.96 Å². The molecule has 0 saturated heterocycles. The van der Waals surface area contributed by atoms with Crippen LogP contribution in [0.1, 0.15) is 28.9 Å². The standard InChI is InChI=1S/C21H29N7/c1-16-12-17(2)28(26-16)20-10-6-5-9-19(20)14-24-21(22-3)23-11-7-8-18-13-25-27(4)15-18/h5-6,9-10,12-13,15H,7-8,11,14H2,1-4H3,(H2,22,23,24). The molecule has 0 fully saturated rings. The summed E-state index contributed by atoms with van der Waals surface area (Å²) in [6.07, 6.45) is 6.00. The minimum atomic E-state index is 0.677. The van der Waals surface area contributed by atoms with Gasteiger partial charge in [0.1, 0.15) is 0 Å². The fourth-order valence-electron chi connectivity index (χ4n) is 3.24. The monoisotopic (exact) mass is 379 g/mol. The Labute approximate surface area is 166 Å². The Balaban J connectivity index is 1.54. The number of hydrogen-bond acceptors (Lipinski definition) is 3. The number of hydrogen-bond donors (Lipinski definition) is 2. The first kappa shape index (κ1) is 19.7. The number of aliphatic imine (C=N–C) groups is 1. The van der Waals surface area contributed by atoms with E-state index in [1.54, 1.807) is 7.05 Å². The van der Waals surface area contributed by atoms with E-state index in [0.29, 0.717) is 6.54 Å². The summed E-state index contributed by atoms with van der Waals surface area (Å²) >= 11 is 0. The van der Waals surface area contributed by atoms with Gasteiger partial charge in [-0.2, -0.15) is 10.2 Å². The fourth-order valence-corrected chi connectivity index (χ4v) is 3.24. The molecule has 0 spiro atoms. The van der Waals surface area contributed by atoms with Crippen LogP contribution in [0.3, 0.4) is 0 Å². The van der Waals surface area contributed by atoms with E-state index in [4.69, 9.17) is 0 Å². The van der Waals surface area contributed by atoms with E-state index >= 15 is 0 Å². The molecule has 0 radical (unpaired) electrons. The molecule has 7 nitrogen and oxygen atoms in total. The van der Waals surface area contributed by atoms with E-state index in [1.807, 2.05) is 35.6 Å². The largest absolute Gasteiger partial charge is 0.356 e. The van der Waals surface area contributed by atoms with Crippen LogP contribution in [0, 0.1) is 13.8 Å². The number of aryl methyl sites for hydroxylation is 4. The number of guanidine groups is 1. The number of aromatic nitrogens is 4. The zero-order valence-electron chi connectivity index (χ0n) is 17.1. The molecule has 0 aliphatic carbocycles. The van der Waals surface area contributed by atoms with Crippen molar-refractivity contribution in [3.05, 3.63) is 65.2 Å². The van der Waals surface area contributed by atoms with Crippen molar-refractivity contribution in [3.63, 3.8) is 0 Å². The van der Waals surface area contributed by atoms with Crippen molar-refractivity contribution in [2.45, 2.75) is 33.2 Å². The molecule has 2 N–H and O–H groups in total. The predicted octanol–water partition coefficient (Wildman–Crippen LogP) is 2.52. The molecule has 0 saturated carbocycles. The highest BCUT2D eigenvalue weighted by Crippen LogP contribution is 2.16. The lowest BCUT2D eigenvalue weighted by Gasteiger charge is -2.15. The number of nitrogens with zero attached hydrogens (tertiary/aromatic N) is 5. The molecule has 3 aromatic rings. The third-order valence-corrected chi connectivity index (χ3v) is 4.59. The van der Waals surface area contributed by atoms with Crippen LogP contribution in [0.2, 0.25) is 0 Å². The third kappa shape index (κ3) is 5.00. The summed E-state index contributed by atoms with van der Waals surface area (Å²) in [5, 5.41) is 15.6. The maximum atomic E-state index is 4.62. The first-order chi connectivity index (χ1) is 13.6. The van der Waals surface area contributed by atoms with Gasteiger partial charge in [-0.25, -0.2) is 4.68 Å². The third-order valence-electron chi connectivity index (χ3n) is 4.59. The topological polar surface area (TPSA) is 72.1 Å². The van der Waals surface area contributed by atoms with Crippen LogP contribution in [-0.2, 0) is 20.0 Å². The summed E-state index contributed by atoms with van der Waals surface area (Å²) in [6, 6.07) is 10.4. The first-order valence-electron chi connectivity index (χ1n) is 9.60. The molecule has 0 amide bonds. The predicted molar refractivity (Wildman–Crippen MR) is 113 cm³/mol. The average molecular weight is 380 g/mol. The van der Waals surface area contributed by atoms with Crippen molar-refractivity contribution in [1.29, 1.82) is 0 Å². The van der Waals surface area contributed by atoms with Crippen LogP contribution >= 0.6 is 0 Å². The van der Waals surface area contributed by atoms with Crippen LogP contribution in [0.25, 0.3) is 5.69 Å². The summed E-state index contributed by atoms with van der Waals surface area (Å²) in [7, 11) is 3.74. The van der Waals surface area contributed by atoms with E-state index in [1.165, 1.54) is 11.1 Å². The Kier molecular flexibility index (Phi) is 6.47. The number of rotatable bonds is 7. The van der Waals surface area contributed by atoms with Crippen molar-refractivity contribution < 1.29 is 0 Å². The summed E-state index contributed by atoms with van der Waals surface area (Å²) in [4.78, 5) is 4.33. The van der Waals surface area contributed by atoms with Crippen molar-refractivity contribution in [2.75, 3.05) is 13.6 Å². The Morgan fingerprint density at radius 3 is 2.68 bits per heavy atom. The molecule has 148 valence electrons. The highest BCUT2D eigenvalue weighted by atomic mass is 15.3. The fraction of sp³-hybridized carbons (Fsp3) is 0.381. The van der Waals surface area contributed by atoms with Gasteiger partial charge in [0.2, 0.25) is 0 Å². The summed E-state index contributed by atoms with van der Waals surface area (Å²) in [5.74, 6) is 0.800. The van der Waals surface area contributed by atoms with E-state index < -0.39 is 0 Å². The highest BCUT2D eigenvalue weighted by molar-refractivity contribution is 5.79. The van der Waals surface area contributed by atoms with Gasteiger partial charge in [-0.3, -0.25) is 9.67 Å². The minimum Gasteiger partial charge on any atom is -0.356 e. The van der Waals surface area contributed by atoms with Crippen molar-refractivity contribution in [3.8, 4) is 5.69 Å². The Morgan fingerprint density at radius 1 is 1.18 bits per heavy atom. The second-order valence-electron chi connectivity index (χ2n) is 6.95. The smallest absolute Gasteiger partial charge is 0.191 e. The van der Waals surface area contributed by atoms with Gasteiger partial charge in [-0.1, -0.05) is 18.2 Å². The number of benzene rings is 1. The maximum absolute atomic E-state index is 4.62. The molecule has 0 bridgehead atoms. The Hall–Kier alpha value is -3.09. The SMILES string of the molecule is CN=C(NCCCc1cnn(C)c1)NCc1ccccc1-n1nc(C)cc1C. The number of para-hydroxylation sites is 1. The molecule has 1 aromatic carbocycles. The van der Waals surface area contributed by atoms with E-state index in [0.717, 1.165) is 42.4 Å². The summed E-state index contributed by atoms with van der Waals surface area (Å²) in [6.45, 7) is 5.62. The van der Waals surface area contributed by atoms with Gasteiger partial charge in [0, 0.05) is 39.1 Å². The lowest BCUT2D eigenvalue weighted by Crippen LogP contribution is -2.37. The molecule has 0 unspecified atom stereocenters. The Morgan fingerprint density at radius 2 is 2.00 bits per heavy atom. The van der Waals surface area contributed by atoms with Gasteiger partial charge in [-0.15, -0.1) is 0 Å². The molecule has 3 rings (SSSR count). The van der Waals surface area contributed by atoms with E-state index in [9.17, 15) is 0 Å². The molecular formula is C21H29N7. The molecule has 2 heterocycles. The van der Waals surface area contributed by atoms with Gasteiger partial charge in [0.05, 0.1) is 17.6 Å². The average Bonchev–Trinajstić information content (AvgIpc) is 3.25. The molecule has 2 aromatic heterocycles. The lowest BCUT2D eigenvalue weighted by atomic mass is 10.1. The van der Waals surface area contributed by atoms with Crippen molar-refractivity contribution >= 4 is 5.96 Å². The highest BCUT2D eigenvalue weighted by Gasteiger charge is 2.09. The lowest BCUT2D eigenvalue weighted by molar-refractivity contribution is 0.735. The quantitative estimate of drug-likeness (QED) is 0.376. The van der Waals surface area contributed by atoms with Gasteiger partial charge in [-0.05, 0) is 49.9 Å². The molecule has 0 aliphatic heterocycles. The molecular weight excluding hydrogens is 350 g/mol. The normalized spacial score (nSPS) is 11.6. The van der Waals surface area contributed by atoms with Gasteiger partial charge < -0.3 is 10.6 Å². The second kappa shape index (κ2) is 9.21. The van der Waals surface area contributed by atoms with Crippen LogP contribution in [0.15, 0.2) is 47.7 Å². The van der Waals surface area contributed by atoms with Gasteiger partial charge >= 0.3 is 0 Å². The van der Waals surface area contributed by atoms with Crippen molar-refractivity contribution in [1.82, 2.24) is 30.2 Å². The van der Waals surface area contributed by atoms with Gasteiger partial charge in [0.25, 0.3) is 0 Å².